The van der Waals surface area contributed by atoms with Crippen molar-refractivity contribution in [3.63, 3.8) is 0 Å². The van der Waals surface area contributed by atoms with Gasteiger partial charge in [-0.05, 0) is 43.3 Å². The molecule has 2 heteroatoms. The first-order chi connectivity index (χ1) is 5.54. The first kappa shape index (κ1) is 10.4. The van der Waals surface area contributed by atoms with E-state index in [1.165, 1.54) is 0 Å². The van der Waals surface area contributed by atoms with E-state index in [9.17, 15) is 5.11 Å². The van der Waals surface area contributed by atoms with Gasteiger partial charge in [0.25, 0.3) is 0 Å². The molecule has 72 valence electrons. The van der Waals surface area contributed by atoms with Gasteiger partial charge in [0.2, 0.25) is 0 Å². The second-order valence-electron chi connectivity index (χ2n) is 4.55. The maximum Gasteiger partial charge on any atom is 0.0645 e. The van der Waals surface area contributed by atoms with Gasteiger partial charge in [0.15, 0.2) is 0 Å². The molecule has 0 aliphatic heterocycles. The van der Waals surface area contributed by atoms with Gasteiger partial charge in [-0.2, -0.15) is 12.6 Å². The number of hydrogen-bond acceptors (Lipinski definition) is 2. The average molecular weight is 188 g/mol. The lowest BCUT2D eigenvalue weighted by atomic mass is 9.70. The Morgan fingerprint density at radius 3 is 2.08 bits per heavy atom. The second kappa shape index (κ2) is 3.59. The number of thiol groups is 1. The summed E-state index contributed by atoms with van der Waals surface area (Å²) in [6, 6.07) is 0. The van der Waals surface area contributed by atoms with E-state index in [4.69, 9.17) is 0 Å². The molecule has 1 rings (SSSR count). The Balaban J connectivity index is 2.49. The van der Waals surface area contributed by atoms with Crippen molar-refractivity contribution in [3.05, 3.63) is 0 Å². The summed E-state index contributed by atoms with van der Waals surface area (Å²) in [6.07, 6.45) is 5.07. The Morgan fingerprint density at radius 2 is 1.75 bits per heavy atom. The van der Waals surface area contributed by atoms with Gasteiger partial charge in [0.1, 0.15) is 0 Å². The van der Waals surface area contributed by atoms with E-state index in [0.29, 0.717) is 5.41 Å². The Kier molecular flexibility index (Phi) is 3.11. The fourth-order valence-electron chi connectivity index (χ4n) is 1.83. The molecule has 0 unspecified atom stereocenters. The third-order valence-corrected chi connectivity index (χ3v) is 4.19. The van der Waals surface area contributed by atoms with Crippen molar-refractivity contribution in [2.45, 2.75) is 51.6 Å². The molecule has 0 spiro atoms. The molecule has 1 fully saturated rings. The molecular weight excluding hydrogens is 168 g/mol. The predicted molar refractivity (Wildman–Crippen MR) is 55.7 cm³/mol. The molecule has 0 saturated heterocycles. The highest BCUT2D eigenvalue weighted by molar-refractivity contribution is 7.80. The largest absolute Gasteiger partial charge is 0.390 e. The molecular formula is C10H20OS. The van der Waals surface area contributed by atoms with Crippen molar-refractivity contribution < 1.29 is 5.11 Å². The fourth-order valence-corrected chi connectivity index (χ4v) is 2.15. The van der Waals surface area contributed by atoms with E-state index >= 15 is 0 Å². The van der Waals surface area contributed by atoms with Gasteiger partial charge in [-0.1, -0.05) is 13.8 Å². The summed E-state index contributed by atoms with van der Waals surface area (Å²) in [7, 11) is 0. The van der Waals surface area contributed by atoms with Gasteiger partial charge < -0.3 is 5.11 Å². The second-order valence-corrected chi connectivity index (χ2v) is 4.86. The van der Waals surface area contributed by atoms with Crippen LogP contribution in [0.5, 0.6) is 0 Å². The van der Waals surface area contributed by atoms with Crippen LogP contribution in [0.4, 0.5) is 0 Å². The Bertz CT molecular complexity index is 130. The van der Waals surface area contributed by atoms with Crippen molar-refractivity contribution >= 4 is 12.6 Å². The molecule has 0 amide bonds. The summed E-state index contributed by atoms with van der Waals surface area (Å²) >= 11 is 4.35. The Hall–Kier alpha value is 0.310. The van der Waals surface area contributed by atoms with E-state index in [2.05, 4.69) is 26.5 Å². The zero-order valence-electron chi connectivity index (χ0n) is 8.14. The monoisotopic (exact) mass is 188 g/mol. The number of rotatable bonds is 2. The van der Waals surface area contributed by atoms with Gasteiger partial charge in [0.05, 0.1) is 5.60 Å². The number of hydrogen-bond donors (Lipinski definition) is 2. The zero-order chi connectivity index (χ0) is 9.24. The van der Waals surface area contributed by atoms with E-state index in [-0.39, 0.29) is 5.60 Å². The maximum absolute atomic E-state index is 9.98. The minimum absolute atomic E-state index is 0.359. The molecule has 0 heterocycles. The molecule has 0 atom stereocenters. The molecule has 0 aromatic heterocycles. The van der Waals surface area contributed by atoms with Crippen LogP contribution < -0.4 is 0 Å². The van der Waals surface area contributed by atoms with Crippen LogP contribution >= 0.6 is 12.6 Å². The highest BCUT2D eigenvalue weighted by Crippen LogP contribution is 2.42. The summed E-state index contributed by atoms with van der Waals surface area (Å²) in [5, 5.41) is 9.98. The fraction of sp³-hybridized carbons (Fsp3) is 1.00. The van der Waals surface area contributed by atoms with Crippen LogP contribution in [0.15, 0.2) is 0 Å². The first-order valence-electron chi connectivity index (χ1n) is 4.87. The van der Waals surface area contributed by atoms with Gasteiger partial charge in [-0.15, -0.1) is 0 Å². The van der Waals surface area contributed by atoms with Crippen molar-refractivity contribution in [3.8, 4) is 0 Å². The molecule has 1 aliphatic carbocycles. The Labute approximate surface area is 81.0 Å². The highest BCUT2D eigenvalue weighted by Gasteiger charge is 2.36. The van der Waals surface area contributed by atoms with Crippen molar-refractivity contribution in [1.29, 1.82) is 0 Å². The summed E-state index contributed by atoms with van der Waals surface area (Å²) in [4.78, 5) is 0. The molecule has 1 N–H and O–H groups in total. The number of aliphatic hydroxyl groups is 1. The topological polar surface area (TPSA) is 20.2 Å². The summed E-state index contributed by atoms with van der Waals surface area (Å²) in [5.41, 5.74) is 0.0208. The first-order valence-corrected chi connectivity index (χ1v) is 5.50. The van der Waals surface area contributed by atoms with E-state index in [0.717, 1.165) is 37.9 Å². The normalized spacial score (nSPS) is 43.0. The van der Waals surface area contributed by atoms with E-state index in [1.54, 1.807) is 0 Å². The molecule has 0 bridgehead atoms. The van der Waals surface area contributed by atoms with Crippen LogP contribution in [0.1, 0.15) is 46.0 Å². The van der Waals surface area contributed by atoms with Crippen molar-refractivity contribution in [2.24, 2.45) is 5.41 Å². The van der Waals surface area contributed by atoms with E-state index < -0.39 is 0 Å². The molecule has 12 heavy (non-hydrogen) atoms. The van der Waals surface area contributed by atoms with Crippen LogP contribution in [-0.4, -0.2) is 16.5 Å². The molecule has 0 aromatic rings. The molecule has 1 aliphatic rings. The van der Waals surface area contributed by atoms with Crippen molar-refractivity contribution in [1.82, 2.24) is 0 Å². The molecule has 0 radical (unpaired) electrons. The summed E-state index contributed by atoms with van der Waals surface area (Å²) in [5.74, 6) is 0.951. The van der Waals surface area contributed by atoms with Gasteiger partial charge in [0, 0.05) is 0 Å². The van der Waals surface area contributed by atoms with Gasteiger partial charge in [-0.25, -0.2) is 0 Å². The lowest BCUT2D eigenvalue weighted by molar-refractivity contribution is -0.0272. The van der Waals surface area contributed by atoms with Gasteiger partial charge in [-0.3, -0.25) is 0 Å². The predicted octanol–water partition coefficient (Wildman–Crippen LogP) is 2.64. The third kappa shape index (κ3) is 2.17. The van der Waals surface area contributed by atoms with Crippen LogP contribution in [-0.2, 0) is 0 Å². The van der Waals surface area contributed by atoms with Gasteiger partial charge >= 0.3 is 0 Å². The summed E-state index contributed by atoms with van der Waals surface area (Å²) < 4.78 is 0. The standard InChI is InChI=1S/C10H20OS/c1-3-10(11)6-4-9(2,8-12)5-7-10/h11-12H,3-8H2,1-2H3. The lowest BCUT2D eigenvalue weighted by Crippen LogP contribution is -2.38. The smallest absolute Gasteiger partial charge is 0.0645 e. The van der Waals surface area contributed by atoms with E-state index in [1.807, 2.05) is 0 Å². The minimum atomic E-state index is -0.359. The van der Waals surface area contributed by atoms with Crippen LogP contribution in [0.3, 0.4) is 0 Å². The zero-order valence-corrected chi connectivity index (χ0v) is 9.03. The lowest BCUT2D eigenvalue weighted by Gasteiger charge is -2.41. The van der Waals surface area contributed by atoms with Crippen LogP contribution in [0, 0.1) is 5.41 Å². The average Bonchev–Trinajstić information content (AvgIpc) is 2.11. The van der Waals surface area contributed by atoms with Crippen LogP contribution in [0.2, 0.25) is 0 Å². The van der Waals surface area contributed by atoms with Crippen LogP contribution in [0.25, 0.3) is 0 Å². The van der Waals surface area contributed by atoms with Crippen molar-refractivity contribution in [2.75, 3.05) is 5.75 Å². The Morgan fingerprint density at radius 1 is 1.25 bits per heavy atom. The summed E-state index contributed by atoms with van der Waals surface area (Å²) in [6.45, 7) is 4.35. The minimum Gasteiger partial charge on any atom is -0.390 e. The SMILES string of the molecule is CCC1(O)CCC(C)(CS)CC1. The molecule has 1 saturated carbocycles. The highest BCUT2D eigenvalue weighted by atomic mass is 32.1. The third-order valence-electron chi connectivity index (χ3n) is 3.43. The maximum atomic E-state index is 9.98. The quantitative estimate of drug-likeness (QED) is 0.638. The molecule has 1 nitrogen and oxygen atoms in total. The molecule has 0 aromatic carbocycles.